The molecule has 0 aromatic carbocycles. The highest BCUT2D eigenvalue weighted by Gasteiger charge is 2.33. The van der Waals surface area contributed by atoms with Crippen molar-refractivity contribution in [3.05, 3.63) is 68.9 Å². The van der Waals surface area contributed by atoms with Gasteiger partial charge in [-0.05, 0) is 49.6 Å². The number of carbonyl (C=O) groups excluding carboxylic acids is 1. The fourth-order valence-electron chi connectivity index (χ4n) is 3.92. The number of aromatic nitrogens is 2. The Bertz CT molecular complexity index is 1270. The lowest BCUT2D eigenvalue weighted by atomic mass is 10.2. The van der Waals surface area contributed by atoms with Crippen LogP contribution in [0.2, 0.25) is 0 Å². The Hall–Kier alpha value is -2.91. The third-order valence-electron chi connectivity index (χ3n) is 5.51. The largest absolute Gasteiger partial charge is 0.467 e. The van der Waals surface area contributed by atoms with E-state index in [0.717, 1.165) is 31.5 Å². The van der Waals surface area contributed by atoms with Crippen LogP contribution in [0.1, 0.15) is 29.7 Å². The number of thioether (sulfide) groups is 1. The number of pyridine rings is 1. The molecule has 0 atom stereocenters. The Morgan fingerprint density at radius 1 is 1.23 bits per heavy atom. The standard InChI is InChI=1S/C22H20N4O3S2/c1-14-6-4-10-25-18(14)23-19(24-8-2-3-9-24)16(20(25)27)12-17-21(28)26(22(30)31-17)13-15-7-5-11-29-15/h4-7,10-12H,2-3,8-9,13H2,1H3/b17-12-. The highest BCUT2D eigenvalue weighted by molar-refractivity contribution is 8.26. The normalized spacial score (nSPS) is 18.2. The summed E-state index contributed by atoms with van der Waals surface area (Å²) in [7, 11) is 0. The lowest BCUT2D eigenvalue weighted by Gasteiger charge is -2.20. The quantitative estimate of drug-likeness (QED) is 0.442. The molecule has 31 heavy (non-hydrogen) atoms. The van der Waals surface area contributed by atoms with Gasteiger partial charge >= 0.3 is 0 Å². The summed E-state index contributed by atoms with van der Waals surface area (Å²) in [4.78, 5) is 35.4. The second-order valence-electron chi connectivity index (χ2n) is 7.58. The van der Waals surface area contributed by atoms with Crippen LogP contribution in [-0.2, 0) is 11.3 Å². The van der Waals surface area contributed by atoms with Crippen LogP contribution < -0.4 is 10.5 Å². The molecule has 1 amide bonds. The summed E-state index contributed by atoms with van der Waals surface area (Å²) in [5.74, 6) is 1.05. The van der Waals surface area contributed by atoms with Crippen molar-refractivity contribution in [2.24, 2.45) is 0 Å². The maximum Gasteiger partial charge on any atom is 0.267 e. The van der Waals surface area contributed by atoms with E-state index in [1.165, 1.54) is 16.7 Å². The Morgan fingerprint density at radius 3 is 2.77 bits per heavy atom. The van der Waals surface area contributed by atoms with Crippen molar-refractivity contribution in [1.82, 2.24) is 14.3 Å². The SMILES string of the molecule is Cc1cccn2c(=O)c(/C=C3\SC(=S)N(Cc4ccco4)C3=O)c(N3CCCC3)nc12. The van der Waals surface area contributed by atoms with Gasteiger partial charge in [-0.15, -0.1) is 0 Å². The number of carbonyl (C=O) groups is 1. The van der Waals surface area contributed by atoms with E-state index >= 15 is 0 Å². The smallest absolute Gasteiger partial charge is 0.267 e. The van der Waals surface area contributed by atoms with Crippen LogP contribution in [0.3, 0.4) is 0 Å². The lowest BCUT2D eigenvalue weighted by Crippen LogP contribution is -2.28. The highest BCUT2D eigenvalue weighted by atomic mass is 32.2. The summed E-state index contributed by atoms with van der Waals surface area (Å²) in [6.07, 6.45) is 7.04. The van der Waals surface area contributed by atoms with Gasteiger partial charge in [0, 0.05) is 19.3 Å². The van der Waals surface area contributed by atoms with Crippen LogP contribution in [0.15, 0.2) is 50.8 Å². The first-order chi connectivity index (χ1) is 15.0. The zero-order chi connectivity index (χ0) is 21.5. The first-order valence-corrected chi connectivity index (χ1v) is 11.3. The van der Waals surface area contributed by atoms with Crippen molar-refractivity contribution in [3.8, 4) is 0 Å². The Balaban J connectivity index is 1.61. The number of rotatable bonds is 4. The van der Waals surface area contributed by atoms with Gasteiger partial charge in [-0.1, -0.05) is 30.0 Å². The highest BCUT2D eigenvalue weighted by Crippen LogP contribution is 2.35. The molecule has 2 fully saturated rings. The molecular weight excluding hydrogens is 432 g/mol. The molecule has 0 N–H and O–H groups in total. The van der Waals surface area contributed by atoms with Crippen molar-refractivity contribution in [3.63, 3.8) is 0 Å². The Kier molecular flexibility index (Phi) is 5.15. The van der Waals surface area contributed by atoms with Crippen LogP contribution in [0.4, 0.5) is 5.82 Å². The van der Waals surface area contributed by atoms with Gasteiger partial charge in [0.2, 0.25) is 0 Å². The van der Waals surface area contributed by atoms with Crippen molar-refractivity contribution in [2.45, 2.75) is 26.3 Å². The molecule has 5 heterocycles. The zero-order valence-corrected chi connectivity index (χ0v) is 18.5. The van der Waals surface area contributed by atoms with Crippen molar-refractivity contribution < 1.29 is 9.21 Å². The number of furan rings is 1. The monoisotopic (exact) mass is 452 g/mol. The summed E-state index contributed by atoms with van der Waals surface area (Å²) in [6.45, 7) is 3.89. The summed E-state index contributed by atoms with van der Waals surface area (Å²) >= 11 is 6.63. The number of thiocarbonyl (C=S) groups is 1. The summed E-state index contributed by atoms with van der Waals surface area (Å²) in [6, 6.07) is 7.34. The zero-order valence-electron chi connectivity index (χ0n) is 16.9. The number of hydrogen-bond donors (Lipinski definition) is 0. The third-order valence-corrected chi connectivity index (χ3v) is 6.89. The van der Waals surface area contributed by atoms with Gasteiger partial charge in [-0.3, -0.25) is 18.9 Å². The lowest BCUT2D eigenvalue weighted by molar-refractivity contribution is -0.122. The Labute approximate surface area is 188 Å². The van der Waals surface area contributed by atoms with E-state index in [-0.39, 0.29) is 18.0 Å². The van der Waals surface area contributed by atoms with E-state index in [0.29, 0.717) is 32.0 Å². The van der Waals surface area contributed by atoms with Crippen molar-refractivity contribution in [1.29, 1.82) is 0 Å². The predicted octanol–water partition coefficient (Wildman–Crippen LogP) is 3.60. The van der Waals surface area contributed by atoms with Crippen LogP contribution in [0, 0.1) is 6.92 Å². The van der Waals surface area contributed by atoms with Gasteiger partial charge in [0.05, 0.1) is 23.3 Å². The second-order valence-corrected chi connectivity index (χ2v) is 9.26. The molecule has 2 aliphatic rings. The van der Waals surface area contributed by atoms with Gasteiger partial charge in [-0.25, -0.2) is 4.98 Å². The van der Waals surface area contributed by atoms with E-state index in [4.69, 9.17) is 21.6 Å². The molecule has 5 rings (SSSR count). The second kappa shape index (κ2) is 7.97. The minimum absolute atomic E-state index is 0.188. The third kappa shape index (κ3) is 3.57. The fourth-order valence-corrected chi connectivity index (χ4v) is 5.16. The van der Waals surface area contributed by atoms with Crippen LogP contribution in [0.5, 0.6) is 0 Å². The molecule has 0 spiro atoms. The minimum atomic E-state index is -0.229. The number of hydrogen-bond acceptors (Lipinski definition) is 7. The molecule has 3 aromatic heterocycles. The molecule has 0 aliphatic carbocycles. The maximum absolute atomic E-state index is 13.4. The molecule has 7 nitrogen and oxygen atoms in total. The number of nitrogens with zero attached hydrogens (tertiary/aromatic N) is 4. The van der Waals surface area contributed by atoms with E-state index < -0.39 is 0 Å². The molecule has 0 saturated carbocycles. The van der Waals surface area contributed by atoms with E-state index in [2.05, 4.69) is 4.90 Å². The van der Waals surface area contributed by atoms with E-state index in [9.17, 15) is 9.59 Å². The molecule has 158 valence electrons. The molecular formula is C22H20N4O3S2. The first-order valence-electron chi connectivity index (χ1n) is 10.1. The molecule has 2 aliphatic heterocycles. The summed E-state index contributed by atoms with van der Waals surface area (Å²) < 4.78 is 7.35. The number of amides is 1. The molecule has 0 radical (unpaired) electrons. The van der Waals surface area contributed by atoms with E-state index in [1.807, 2.05) is 19.1 Å². The first kappa shape index (κ1) is 20.0. The summed E-state index contributed by atoms with van der Waals surface area (Å²) in [5, 5.41) is 0. The average Bonchev–Trinajstić information content (AvgIpc) is 3.51. The molecule has 9 heteroatoms. The van der Waals surface area contributed by atoms with Gasteiger partial charge in [-0.2, -0.15) is 0 Å². The topological polar surface area (TPSA) is 71.1 Å². The molecule has 3 aromatic rings. The number of fused-ring (bicyclic) bond motifs is 1. The summed E-state index contributed by atoms with van der Waals surface area (Å²) in [5.41, 5.74) is 1.80. The predicted molar refractivity (Wildman–Crippen MR) is 125 cm³/mol. The van der Waals surface area contributed by atoms with Gasteiger partial charge in [0.25, 0.3) is 11.5 Å². The number of aryl methyl sites for hydroxylation is 1. The minimum Gasteiger partial charge on any atom is -0.467 e. The molecule has 0 unspecified atom stereocenters. The van der Waals surface area contributed by atoms with Gasteiger partial charge in [0.1, 0.15) is 21.5 Å². The maximum atomic E-state index is 13.4. The van der Waals surface area contributed by atoms with Gasteiger partial charge in [0.15, 0.2) is 0 Å². The number of anilines is 1. The molecule has 0 bridgehead atoms. The fraction of sp³-hybridized carbons (Fsp3) is 0.273. The van der Waals surface area contributed by atoms with Crippen LogP contribution in [0.25, 0.3) is 11.7 Å². The van der Waals surface area contributed by atoms with Crippen molar-refractivity contribution in [2.75, 3.05) is 18.0 Å². The Morgan fingerprint density at radius 2 is 2.03 bits per heavy atom. The average molecular weight is 453 g/mol. The molecule has 2 saturated heterocycles. The van der Waals surface area contributed by atoms with E-state index in [1.54, 1.807) is 35.1 Å². The van der Waals surface area contributed by atoms with Crippen LogP contribution in [-0.4, -0.2) is 37.6 Å². The van der Waals surface area contributed by atoms with Crippen molar-refractivity contribution >= 4 is 51.7 Å². The van der Waals surface area contributed by atoms with Crippen LogP contribution >= 0.6 is 24.0 Å². The van der Waals surface area contributed by atoms with Gasteiger partial charge < -0.3 is 9.32 Å².